The Hall–Kier alpha value is -0.880. The van der Waals surface area contributed by atoms with Crippen LogP contribution < -0.4 is 0 Å². The maximum atomic E-state index is 12.3. The third kappa shape index (κ3) is 2.76. The Morgan fingerprint density at radius 2 is 2.10 bits per heavy atom. The van der Waals surface area contributed by atoms with Crippen molar-refractivity contribution in [2.75, 3.05) is 7.11 Å². The van der Waals surface area contributed by atoms with Gasteiger partial charge in [-0.2, -0.15) is 0 Å². The molecule has 0 radical (unpaired) electrons. The summed E-state index contributed by atoms with van der Waals surface area (Å²) in [6.45, 7) is 0. The monoisotopic (exact) mass is 360 g/mol. The van der Waals surface area contributed by atoms with E-state index in [0.29, 0.717) is 0 Å². The number of hydrogen-bond donors (Lipinski definition) is 1. The number of carbonyl (C=O) groups is 2. The number of carboxylic acids is 1. The van der Waals surface area contributed by atoms with Gasteiger partial charge in [-0.1, -0.05) is 12.8 Å². The molecule has 6 heteroatoms. The van der Waals surface area contributed by atoms with Crippen LogP contribution in [-0.4, -0.2) is 24.2 Å². The normalized spacial score (nSPS) is 18.7. The lowest BCUT2D eigenvalue weighted by molar-refractivity contribution is -0.171. The van der Waals surface area contributed by atoms with Crippen LogP contribution >= 0.6 is 27.3 Å². The van der Waals surface area contributed by atoms with Gasteiger partial charge in [0.2, 0.25) is 0 Å². The van der Waals surface area contributed by atoms with Crippen molar-refractivity contribution < 1.29 is 19.4 Å². The molecule has 4 nitrogen and oxygen atoms in total. The molecule has 1 aromatic rings. The summed E-state index contributed by atoms with van der Waals surface area (Å²) in [5.41, 5.74) is -1.45. The minimum atomic E-state index is -1.45. The van der Waals surface area contributed by atoms with Crippen LogP contribution in [0.1, 0.15) is 30.6 Å². The highest BCUT2D eigenvalue weighted by Gasteiger charge is 2.54. The first-order chi connectivity index (χ1) is 9.50. The molecule has 0 spiro atoms. The van der Waals surface area contributed by atoms with Crippen molar-refractivity contribution in [3.63, 3.8) is 0 Å². The quantitative estimate of drug-likeness (QED) is 0.644. The summed E-state index contributed by atoms with van der Waals surface area (Å²) in [4.78, 5) is 25.1. The van der Waals surface area contributed by atoms with E-state index in [1.807, 2.05) is 12.1 Å². The molecular formula is C14H17BrO4S. The molecule has 0 aromatic carbocycles. The van der Waals surface area contributed by atoms with Gasteiger partial charge < -0.3 is 9.84 Å². The zero-order chi connectivity index (χ0) is 14.8. The molecule has 2 rings (SSSR count). The van der Waals surface area contributed by atoms with Crippen molar-refractivity contribution in [1.29, 1.82) is 0 Å². The Labute approximate surface area is 130 Å². The summed E-state index contributed by atoms with van der Waals surface area (Å²) in [7, 11) is 1.26. The van der Waals surface area contributed by atoms with Crippen LogP contribution in [0.15, 0.2) is 15.9 Å². The molecule has 1 atom stereocenters. The van der Waals surface area contributed by atoms with Gasteiger partial charge in [0, 0.05) is 11.3 Å². The molecule has 1 aromatic heterocycles. The Kier molecular flexibility index (Phi) is 4.86. The Morgan fingerprint density at radius 3 is 2.55 bits per heavy atom. The third-order valence-electron chi connectivity index (χ3n) is 4.07. The summed E-state index contributed by atoms with van der Waals surface area (Å²) in [5.74, 6) is -1.84. The molecule has 1 aliphatic carbocycles. The van der Waals surface area contributed by atoms with Crippen LogP contribution in [0, 0.1) is 11.3 Å². The number of carbonyl (C=O) groups excluding carboxylic acids is 1. The van der Waals surface area contributed by atoms with Crippen molar-refractivity contribution in [2.45, 2.75) is 32.1 Å². The van der Waals surface area contributed by atoms with E-state index >= 15 is 0 Å². The van der Waals surface area contributed by atoms with E-state index in [9.17, 15) is 14.7 Å². The number of carboxylic acid groups (broad SMARTS) is 1. The van der Waals surface area contributed by atoms with Crippen LogP contribution in [0.5, 0.6) is 0 Å². The van der Waals surface area contributed by atoms with Gasteiger partial charge in [0.25, 0.3) is 0 Å². The van der Waals surface area contributed by atoms with Gasteiger partial charge in [0.05, 0.1) is 10.9 Å². The minimum absolute atomic E-state index is 0.145. The third-order valence-corrected chi connectivity index (χ3v) is 5.69. The van der Waals surface area contributed by atoms with Gasteiger partial charge in [-0.05, 0) is 46.8 Å². The standard InChI is InChI=1S/C14H17BrO4S/c1-19-13(18)14(12(16)17,9-4-2-3-5-9)8-10-6-7-11(15)20-10/h6-7,9H,2-5,8H2,1H3,(H,16,17). The maximum Gasteiger partial charge on any atom is 0.323 e. The van der Waals surface area contributed by atoms with E-state index in [1.54, 1.807) is 0 Å². The van der Waals surface area contributed by atoms with Crippen LogP contribution in [0.25, 0.3) is 0 Å². The average molecular weight is 361 g/mol. The lowest BCUT2D eigenvalue weighted by Gasteiger charge is -2.32. The average Bonchev–Trinajstić information content (AvgIpc) is 3.06. The van der Waals surface area contributed by atoms with E-state index < -0.39 is 17.4 Å². The van der Waals surface area contributed by atoms with Gasteiger partial charge >= 0.3 is 11.9 Å². The van der Waals surface area contributed by atoms with E-state index in [-0.39, 0.29) is 12.3 Å². The van der Waals surface area contributed by atoms with Gasteiger partial charge in [-0.3, -0.25) is 9.59 Å². The van der Waals surface area contributed by atoms with Crippen molar-refractivity contribution in [3.8, 4) is 0 Å². The predicted molar refractivity (Wildman–Crippen MR) is 79.8 cm³/mol. The number of halogens is 1. The first-order valence-corrected chi connectivity index (χ1v) is 8.17. The SMILES string of the molecule is COC(=O)C(Cc1ccc(Br)s1)(C(=O)O)C1CCCC1. The van der Waals surface area contributed by atoms with Crippen LogP contribution in [-0.2, 0) is 20.7 Å². The molecule has 0 bridgehead atoms. The maximum absolute atomic E-state index is 12.3. The first kappa shape index (κ1) is 15.5. The highest BCUT2D eigenvalue weighted by molar-refractivity contribution is 9.11. The number of methoxy groups -OCH3 is 1. The molecule has 20 heavy (non-hydrogen) atoms. The predicted octanol–water partition coefficient (Wildman–Crippen LogP) is 3.49. The lowest BCUT2D eigenvalue weighted by Crippen LogP contribution is -2.47. The highest BCUT2D eigenvalue weighted by Crippen LogP contribution is 2.44. The largest absolute Gasteiger partial charge is 0.480 e. The molecule has 1 aliphatic rings. The number of hydrogen-bond acceptors (Lipinski definition) is 4. The molecule has 1 fully saturated rings. The zero-order valence-electron chi connectivity index (χ0n) is 11.2. The molecule has 110 valence electrons. The lowest BCUT2D eigenvalue weighted by atomic mass is 9.71. The van der Waals surface area contributed by atoms with E-state index in [2.05, 4.69) is 15.9 Å². The molecule has 0 amide bonds. The fraction of sp³-hybridized carbons (Fsp3) is 0.571. The molecular weight excluding hydrogens is 344 g/mol. The second-order valence-corrected chi connectivity index (χ2v) is 7.68. The van der Waals surface area contributed by atoms with Gasteiger partial charge in [-0.15, -0.1) is 11.3 Å². The fourth-order valence-corrected chi connectivity index (χ4v) is 4.62. The first-order valence-electron chi connectivity index (χ1n) is 6.56. The number of esters is 1. The second-order valence-electron chi connectivity index (χ2n) is 5.13. The van der Waals surface area contributed by atoms with Crippen molar-refractivity contribution in [1.82, 2.24) is 0 Å². The molecule has 1 heterocycles. The van der Waals surface area contributed by atoms with E-state index in [1.165, 1.54) is 18.4 Å². The fourth-order valence-electron chi connectivity index (χ4n) is 3.04. The number of thiophene rings is 1. The van der Waals surface area contributed by atoms with Gasteiger partial charge in [0.1, 0.15) is 0 Å². The van der Waals surface area contributed by atoms with Crippen LogP contribution in [0.3, 0.4) is 0 Å². The van der Waals surface area contributed by atoms with E-state index in [0.717, 1.165) is 34.3 Å². The molecule has 1 N–H and O–H groups in total. The molecule has 1 unspecified atom stereocenters. The summed E-state index contributed by atoms with van der Waals surface area (Å²) < 4.78 is 5.78. The second kappa shape index (κ2) is 6.26. The number of ether oxygens (including phenoxy) is 1. The minimum Gasteiger partial charge on any atom is -0.480 e. The highest BCUT2D eigenvalue weighted by atomic mass is 79.9. The topological polar surface area (TPSA) is 63.6 Å². The summed E-state index contributed by atoms with van der Waals surface area (Å²) in [5, 5.41) is 9.75. The Balaban J connectivity index is 2.39. The molecule has 0 aliphatic heterocycles. The Morgan fingerprint density at radius 1 is 1.45 bits per heavy atom. The van der Waals surface area contributed by atoms with Crippen molar-refractivity contribution in [2.24, 2.45) is 11.3 Å². The summed E-state index contributed by atoms with van der Waals surface area (Å²) in [6, 6.07) is 3.74. The summed E-state index contributed by atoms with van der Waals surface area (Å²) in [6.07, 6.45) is 3.70. The summed E-state index contributed by atoms with van der Waals surface area (Å²) >= 11 is 4.83. The van der Waals surface area contributed by atoms with Crippen LogP contribution in [0.2, 0.25) is 0 Å². The number of aliphatic carboxylic acids is 1. The smallest absolute Gasteiger partial charge is 0.323 e. The number of rotatable bonds is 5. The zero-order valence-corrected chi connectivity index (χ0v) is 13.6. The Bertz CT molecular complexity index is 507. The van der Waals surface area contributed by atoms with Crippen molar-refractivity contribution >= 4 is 39.2 Å². The van der Waals surface area contributed by atoms with E-state index in [4.69, 9.17) is 4.74 Å². The van der Waals surface area contributed by atoms with Gasteiger partial charge in [0.15, 0.2) is 5.41 Å². The van der Waals surface area contributed by atoms with Crippen LogP contribution in [0.4, 0.5) is 0 Å². The van der Waals surface area contributed by atoms with Gasteiger partial charge in [-0.25, -0.2) is 0 Å². The molecule has 1 saturated carbocycles. The van der Waals surface area contributed by atoms with Crippen molar-refractivity contribution in [3.05, 3.63) is 20.8 Å². The molecule has 0 saturated heterocycles.